The van der Waals surface area contributed by atoms with E-state index in [2.05, 4.69) is 10.1 Å². The third kappa shape index (κ3) is 4.91. The maximum atomic E-state index is 12.8. The number of rotatable bonds is 5. The first-order valence-corrected chi connectivity index (χ1v) is 8.11. The zero-order chi connectivity index (χ0) is 19.3. The number of aromatic nitrogens is 1. The highest BCUT2D eigenvalue weighted by Crippen LogP contribution is 2.14. The van der Waals surface area contributed by atoms with Crippen molar-refractivity contribution >= 4 is 23.5 Å². The number of carbonyl (C=O) groups excluding carboxylic acids is 3. The molecule has 1 N–H and O–H groups in total. The van der Waals surface area contributed by atoms with Gasteiger partial charge in [0.25, 0.3) is 11.5 Å². The number of carbonyl (C=O) groups is 3. The standard InChI is InChI=1S/C17H25N3O5/c1-7-25-17(24)14(21)18-13-8-12(9-19(6)16(13)23)15(22)20(10(2)3)11(4)5/h8-11H,7H2,1-6H3,(H,18,21). The molecule has 0 saturated carbocycles. The van der Waals surface area contributed by atoms with Gasteiger partial charge in [0.2, 0.25) is 0 Å². The van der Waals surface area contributed by atoms with Crippen LogP contribution in [0, 0.1) is 0 Å². The van der Waals surface area contributed by atoms with E-state index in [1.807, 2.05) is 27.7 Å². The second-order valence-electron chi connectivity index (χ2n) is 6.13. The normalized spacial score (nSPS) is 10.7. The molecule has 0 saturated heterocycles. The molecule has 0 aliphatic carbocycles. The Morgan fingerprint density at radius 3 is 2.24 bits per heavy atom. The van der Waals surface area contributed by atoms with Gasteiger partial charge in [0, 0.05) is 25.3 Å². The Bertz CT molecular complexity index is 713. The van der Waals surface area contributed by atoms with E-state index in [0.29, 0.717) is 0 Å². The molecule has 0 aliphatic heterocycles. The molecule has 2 amide bonds. The molecule has 0 aliphatic rings. The average molecular weight is 351 g/mol. The summed E-state index contributed by atoms with van der Waals surface area (Å²) in [6.07, 6.45) is 1.41. The summed E-state index contributed by atoms with van der Waals surface area (Å²) in [4.78, 5) is 49.8. The summed E-state index contributed by atoms with van der Waals surface area (Å²) >= 11 is 0. The molecule has 0 bridgehead atoms. The number of nitrogens with zero attached hydrogens (tertiary/aromatic N) is 2. The quantitative estimate of drug-likeness (QED) is 0.634. The van der Waals surface area contributed by atoms with Gasteiger partial charge in [0.1, 0.15) is 5.69 Å². The van der Waals surface area contributed by atoms with Crippen LogP contribution in [0.25, 0.3) is 0 Å². The van der Waals surface area contributed by atoms with Crippen LogP contribution in [-0.4, -0.2) is 45.9 Å². The van der Waals surface area contributed by atoms with Crippen molar-refractivity contribution < 1.29 is 19.1 Å². The summed E-state index contributed by atoms with van der Waals surface area (Å²) in [6, 6.07) is 1.20. The fourth-order valence-electron chi connectivity index (χ4n) is 2.50. The fourth-order valence-corrected chi connectivity index (χ4v) is 2.50. The Morgan fingerprint density at radius 1 is 1.20 bits per heavy atom. The Kier molecular flexibility index (Phi) is 6.90. The zero-order valence-electron chi connectivity index (χ0n) is 15.5. The minimum atomic E-state index is -1.09. The predicted molar refractivity (Wildman–Crippen MR) is 93.4 cm³/mol. The van der Waals surface area contributed by atoms with E-state index in [1.54, 1.807) is 11.8 Å². The number of aryl methyl sites for hydroxylation is 1. The van der Waals surface area contributed by atoms with Gasteiger partial charge in [-0.25, -0.2) is 4.79 Å². The molecule has 0 unspecified atom stereocenters. The van der Waals surface area contributed by atoms with E-state index in [0.717, 1.165) is 0 Å². The van der Waals surface area contributed by atoms with Gasteiger partial charge in [0.15, 0.2) is 0 Å². The molecule has 1 aromatic heterocycles. The molecular weight excluding hydrogens is 326 g/mol. The van der Waals surface area contributed by atoms with Crippen molar-refractivity contribution in [3.63, 3.8) is 0 Å². The number of ether oxygens (including phenoxy) is 1. The summed E-state index contributed by atoms with van der Waals surface area (Å²) < 4.78 is 5.78. The number of hydrogen-bond acceptors (Lipinski definition) is 5. The van der Waals surface area contributed by atoms with Crippen LogP contribution in [0.15, 0.2) is 17.1 Å². The summed E-state index contributed by atoms with van der Waals surface area (Å²) in [5.74, 6) is -2.42. The number of nitrogens with one attached hydrogen (secondary N) is 1. The average Bonchev–Trinajstić information content (AvgIpc) is 2.50. The smallest absolute Gasteiger partial charge is 0.397 e. The first-order valence-electron chi connectivity index (χ1n) is 8.11. The van der Waals surface area contributed by atoms with Crippen molar-refractivity contribution in [1.82, 2.24) is 9.47 Å². The van der Waals surface area contributed by atoms with E-state index in [4.69, 9.17) is 0 Å². The lowest BCUT2D eigenvalue weighted by Gasteiger charge is -2.31. The van der Waals surface area contributed by atoms with E-state index in [-0.39, 0.29) is 35.8 Å². The second kappa shape index (κ2) is 8.46. The Labute approximate surface area is 146 Å². The lowest BCUT2D eigenvalue weighted by molar-refractivity contribution is -0.152. The van der Waals surface area contributed by atoms with Gasteiger partial charge < -0.3 is 19.5 Å². The molecule has 1 heterocycles. The summed E-state index contributed by atoms with van der Waals surface area (Å²) in [6.45, 7) is 9.18. The van der Waals surface area contributed by atoms with Crippen LogP contribution in [0.1, 0.15) is 45.0 Å². The molecule has 0 aromatic carbocycles. The van der Waals surface area contributed by atoms with Crippen molar-refractivity contribution in [2.24, 2.45) is 7.05 Å². The zero-order valence-corrected chi connectivity index (χ0v) is 15.5. The van der Waals surface area contributed by atoms with E-state index in [9.17, 15) is 19.2 Å². The minimum Gasteiger partial charge on any atom is -0.459 e. The third-order valence-corrected chi connectivity index (χ3v) is 3.49. The topological polar surface area (TPSA) is 97.7 Å². The van der Waals surface area contributed by atoms with Crippen molar-refractivity contribution in [3.8, 4) is 0 Å². The number of anilines is 1. The summed E-state index contributed by atoms with van der Waals surface area (Å²) in [5.41, 5.74) is -0.447. The van der Waals surface area contributed by atoms with Crippen molar-refractivity contribution in [3.05, 3.63) is 28.2 Å². The van der Waals surface area contributed by atoms with Gasteiger partial charge in [-0.1, -0.05) is 0 Å². The third-order valence-electron chi connectivity index (χ3n) is 3.49. The maximum Gasteiger partial charge on any atom is 0.397 e. The van der Waals surface area contributed by atoms with E-state index >= 15 is 0 Å². The fraction of sp³-hybridized carbons (Fsp3) is 0.529. The Hall–Kier alpha value is -2.64. The lowest BCUT2D eigenvalue weighted by atomic mass is 10.1. The van der Waals surface area contributed by atoms with Crippen LogP contribution in [-0.2, 0) is 21.4 Å². The molecule has 25 heavy (non-hydrogen) atoms. The number of hydrogen-bond donors (Lipinski definition) is 1. The highest BCUT2D eigenvalue weighted by Gasteiger charge is 2.24. The maximum absolute atomic E-state index is 12.8. The van der Waals surface area contributed by atoms with E-state index < -0.39 is 17.4 Å². The molecule has 1 aromatic rings. The minimum absolute atomic E-state index is 0.0395. The van der Waals surface area contributed by atoms with E-state index in [1.165, 1.54) is 23.9 Å². The molecule has 0 radical (unpaired) electrons. The number of pyridine rings is 1. The van der Waals surface area contributed by atoms with Crippen LogP contribution in [0.2, 0.25) is 0 Å². The lowest BCUT2D eigenvalue weighted by Crippen LogP contribution is -2.42. The van der Waals surface area contributed by atoms with Crippen LogP contribution >= 0.6 is 0 Å². The van der Waals surface area contributed by atoms with Gasteiger partial charge in [-0.15, -0.1) is 0 Å². The van der Waals surface area contributed by atoms with Crippen molar-refractivity contribution in [2.45, 2.75) is 46.7 Å². The SMILES string of the molecule is CCOC(=O)C(=O)Nc1cc(C(=O)N(C(C)C)C(C)C)cn(C)c1=O. The summed E-state index contributed by atoms with van der Waals surface area (Å²) in [7, 11) is 1.47. The Morgan fingerprint density at radius 2 is 1.76 bits per heavy atom. The molecule has 1 rings (SSSR count). The highest BCUT2D eigenvalue weighted by molar-refractivity contribution is 6.37. The first-order chi connectivity index (χ1) is 11.6. The van der Waals surface area contributed by atoms with Crippen LogP contribution in [0.5, 0.6) is 0 Å². The van der Waals surface area contributed by atoms with Crippen LogP contribution < -0.4 is 10.9 Å². The highest BCUT2D eigenvalue weighted by atomic mass is 16.5. The van der Waals surface area contributed by atoms with Gasteiger partial charge in [-0.2, -0.15) is 0 Å². The predicted octanol–water partition coefficient (Wildman–Crippen LogP) is 1.15. The van der Waals surface area contributed by atoms with Gasteiger partial charge in [-0.05, 0) is 40.7 Å². The van der Waals surface area contributed by atoms with Gasteiger partial charge in [0.05, 0.1) is 12.2 Å². The van der Waals surface area contributed by atoms with Crippen molar-refractivity contribution in [2.75, 3.05) is 11.9 Å². The number of amides is 2. The summed E-state index contributed by atoms with van der Waals surface area (Å²) in [5, 5.41) is 2.21. The molecule has 8 heteroatoms. The van der Waals surface area contributed by atoms with Crippen LogP contribution in [0.4, 0.5) is 5.69 Å². The largest absolute Gasteiger partial charge is 0.459 e. The van der Waals surface area contributed by atoms with Gasteiger partial charge in [-0.3, -0.25) is 14.4 Å². The Balaban J connectivity index is 3.23. The molecule has 138 valence electrons. The monoisotopic (exact) mass is 351 g/mol. The van der Waals surface area contributed by atoms with Crippen molar-refractivity contribution in [1.29, 1.82) is 0 Å². The molecular formula is C17H25N3O5. The molecule has 0 fully saturated rings. The number of esters is 1. The molecule has 0 atom stereocenters. The van der Waals surface area contributed by atoms with Gasteiger partial charge >= 0.3 is 11.9 Å². The van der Waals surface area contributed by atoms with Crippen LogP contribution in [0.3, 0.4) is 0 Å². The first kappa shape index (κ1) is 20.4. The molecule has 8 nitrogen and oxygen atoms in total. The molecule has 0 spiro atoms. The second-order valence-corrected chi connectivity index (χ2v) is 6.13.